The van der Waals surface area contributed by atoms with Crippen molar-refractivity contribution in [2.75, 3.05) is 14.2 Å². The zero-order valence-electron chi connectivity index (χ0n) is 18.7. The fourth-order valence-electron chi connectivity index (χ4n) is 3.57. The standard InChI is InChI=1S/C24H33NO5S/c1-6-7-23(26)24(18(2)3)31(27,28)25(16-19-8-12-21(29-4)13-9-19)17-20-10-14-22(30-5)15-11-20/h6,8-15,18,23-24,26H,1,7,16-17H2,2-5H3/t23-,24-/m0/s1. The summed E-state index contributed by atoms with van der Waals surface area (Å²) in [6.45, 7) is 7.64. The second-order valence-corrected chi connectivity index (χ2v) is 9.90. The maximum absolute atomic E-state index is 13.7. The lowest BCUT2D eigenvalue weighted by molar-refractivity contribution is 0.151. The van der Waals surface area contributed by atoms with Crippen molar-refractivity contribution in [1.29, 1.82) is 0 Å². The molecule has 0 bridgehead atoms. The molecule has 0 aliphatic heterocycles. The van der Waals surface area contributed by atoms with Crippen LogP contribution in [0.5, 0.6) is 11.5 Å². The predicted molar refractivity (Wildman–Crippen MR) is 124 cm³/mol. The normalized spacial score (nSPS) is 13.8. The van der Waals surface area contributed by atoms with Gasteiger partial charge in [0.05, 0.1) is 20.3 Å². The van der Waals surface area contributed by atoms with Gasteiger partial charge in [0.2, 0.25) is 10.0 Å². The van der Waals surface area contributed by atoms with Gasteiger partial charge < -0.3 is 14.6 Å². The molecule has 2 aromatic carbocycles. The summed E-state index contributed by atoms with van der Waals surface area (Å²) in [6, 6.07) is 14.6. The van der Waals surface area contributed by atoms with Gasteiger partial charge in [0.1, 0.15) is 16.7 Å². The Balaban J connectivity index is 2.42. The van der Waals surface area contributed by atoms with Crippen molar-refractivity contribution in [3.05, 3.63) is 72.3 Å². The smallest absolute Gasteiger partial charge is 0.220 e. The van der Waals surface area contributed by atoms with Crippen molar-refractivity contribution >= 4 is 10.0 Å². The number of methoxy groups -OCH3 is 2. The van der Waals surface area contributed by atoms with Gasteiger partial charge in [-0.3, -0.25) is 0 Å². The van der Waals surface area contributed by atoms with Crippen LogP contribution >= 0.6 is 0 Å². The number of ether oxygens (including phenoxy) is 2. The van der Waals surface area contributed by atoms with Crippen molar-refractivity contribution in [2.45, 2.75) is 44.7 Å². The molecule has 6 nitrogen and oxygen atoms in total. The Morgan fingerprint density at radius 2 is 1.35 bits per heavy atom. The Kier molecular flexibility index (Phi) is 9.10. The van der Waals surface area contributed by atoms with Gasteiger partial charge in [0, 0.05) is 13.1 Å². The van der Waals surface area contributed by atoms with Gasteiger partial charge >= 0.3 is 0 Å². The summed E-state index contributed by atoms with van der Waals surface area (Å²) in [7, 11) is -0.665. The van der Waals surface area contributed by atoms with Gasteiger partial charge in [0.25, 0.3) is 0 Å². The van der Waals surface area contributed by atoms with Gasteiger partial charge in [-0.05, 0) is 47.7 Å². The maximum Gasteiger partial charge on any atom is 0.220 e. The molecule has 1 N–H and O–H groups in total. The molecular formula is C24H33NO5S. The third-order valence-corrected chi connectivity index (χ3v) is 7.71. The van der Waals surface area contributed by atoms with Crippen LogP contribution in [0, 0.1) is 5.92 Å². The average Bonchev–Trinajstić information content (AvgIpc) is 2.74. The number of benzene rings is 2. The van der Waals surface area contributed by atoms with E-state index in [4.69, 9.17) is 9.47 Å². The van der Waals surface area contributed by atoms with E-state index in [-0.39, 0.29) is 25.4 Å². The molecule has 2 aromatic rings. The molecule has 31 heavy (non-hydrogen) atoms. The lowest BCUT2D eigenvalue weighted by Crippen LogP contribution is -2.46. The molecule has 0 saturated carbocycles. The van der Waals surface area contributed by atoms with E-state index in [1.807, 2.05) is 38.1 Å². The molecule has 0 aromatic heterocycles. The summed E-state index contributed by atoms with van der Waals surface area (Å²) in [5, 5.41) is 9.68. The van der Waals surface area contributed by atoms with E-state index in [1.54, 1.807) is 44.6 Å². The van der Waals surface area contributed by atoms with Crippen LogP contribution in [0.15, 0.2) is 61.2 Å². The maximum atomic E-state index is 13.7. The first-order chi connectivity index (χ1) is 14.7. The Hall–Kier alpha value is -2.35. The Labute approximate surface area is 186 Å². The average molecular weight is 448 g/mol. The van der Waals surface area contributed by atoms with Gasteiger partial charge in [-0.2, -0.15) is 4.31 Å². The molecule has 0 unspecified atom stereocenters. The second-order valence-electron chi connectivity index (χ2n) is 7.81. The topological polar surface area (TPSA) is 76.1 Å². The molecular weight excluding hydrogens is 414 g/mol. The minimum Gasteiger partial charge on any atom is -0.497 e. The molecule has 2 atom stereocenters. The fraction of sp³-hybridized carbons (Fsp3) is 0.417. The Bertz CT molecular complexity index is 874. The van der Waals surface area contributed by atoms with Crippen LogP contribution < -0.4 is 9.47 Å². The van der Waals surface area contributed by atoms with E-state index in [0.29, 0.717) is 11.5 Å². The summed E-state index contributed by atoms with van der Waals surface area (Å²) in [5.74, 6) is 1.14. The quantitative estimate of drug-likeness (QED) is 0.498. The third-order valence-electron chi connectivity index (χ3n) is 5.18. The Morgan fingerprint density at radius 3 is 1.68 bits per heavy atom. The number of nitrogens with zero attached hydrogens (tertiary/aromatic N) is 1. The number of rotatable bonds is 12. The first-order valence-corrected chi connectivity index (χ1v) is 11.8. The van der Waals surface area contributed by atoms with Gasteiger partial charge in [-0.1, -0.05) is 44.2 Å². The molecule has 0 aliphatic rings. The Morgan fingerprint density at radius 1 is 0.935 bits per heavy atom. The minimum atomic E-state index is -3.84. The molecule has 2 rings (SSSR count). The van der Waals surface area contributed by atoms with E-state index >= 15 is 0 Å². The first kappa shape index (κ1) is 24.9. The van der Waals surface area contributed by atoms with Crippen LogP contribution in [0.2, 0.25) is 0 Å². The predicted octanol–water partition coefficient (Wildman–Crippen LogP) is 4.00. The highest BCUT2D eigenvalue weighted by molar-refractivity contribution is 7.89. The lowest BCUT2D eigenvalue weighted by atomic mass is 10.0. The summed E-state index contributed by atoms with van der Waals surface area (Å²) in [5.41, 5.74) is 1.66. The molecule has 0 saturated heterocycles. The summed E-state index contributed by atoms with van der Waals surface area (Å²) < 4.78 is 39.3. The summed E-state index contributed by atoms with van der Waals surface area (Å²) in [6.07, 6.45) is 0.727. The highest BCUT2D eigenvalue weighted by atomic mass is 32.2. The fourth-order valence-corrected chi connectivity index (χ4v) is 5.77. The lowest BCUT2D eigenvalue weighted by Gasteiger charge is -2.32. The molecule has 0 radical (unpaired) electrons. The summed E-state index contributed by atoms with van der Waals surface area (Å²) >= 11 is 0. The van der Waals surface area contributed by atoms with Crippen LogP contribution in [-0.4, -0.2) is 43.4 Å². The monoisotopic (exact) mass is 447 g/mol. The third kappa shape index (κ3) is 6.56. The van der Waals surface area contributed by atoms with Crippen LogP contribution in [-0.2, 0) is 23.1 Å². The van der Waals surface area contributed by atoms with Crippen molar-refractivity contribution in [2.24, 2.45) is 5.92 Å². The van der Waals surface area contributed by atoms with E-state index in [0.717, 1.165) is 11.1 Å². The van der Waals surface area contributed by atoms with E-state index in [9.17, 15) is 13.5 Å². The first-order valence-electron chi connectivity index (χ1n) is 10.3. The van der Waals surface area contributed by atoms with Gasteiger partial charge in [-0.15, -0.1) is 6.58 Å². The highest BCUT2D eigenvalue weighted by Gasteiger charge is 2.39. The largest absolute Gasteiger partial charge is 0.497 e. The molecule has 0 amide bonds. The molecule has 0 fully saturated rings. The zero-order chi connectivity index (χ0) is 23.0. The van der Waals surface area contributed by atoms with Crippen molar-refractivity contribution < 1.29 is 23.0 Å². The van der Waals surface area contributed by atoms with Crippen LogP contribution in [0.25, 0.3) is 0 Å². The second kappa shape index (κ2) is 11.3. The molecule has 0 heterocycles. The zero-order valence-corrected chi connectivity index (χ0v) is 19.5. The SMILES string of the molecule is C=CC[C@H](O)[C@H](C(C)C)S(=O)(=O)N(Cc1ccc(OC)cc1)Cc1ccc(OC)cc1. The molecule has 0 spiro atoms. The molecule has 0 aliphatic carbocycles. The van der Waals surface area contributed by atoms with Crippen LogP contribution in [0.3, 0.4) is 0 Å². The summed E-state index contributed by atoms with van der Waals surface area (Å²) in [4.78, 5) is 0. The molecule has 170 valence electrons. The van der Waals surface area contributed by atoms with E-state index < -0.39 is 21.4 Å². The number of hydrogen-bond donors (Lipinski definition) is 1. The number of aliphatic hydroxyl groups is 1. The van der Waals surface area contributed by atoms with Crippen LogP contribution in [0.4, 0.5) is 0 Å². The van der Waals surface area contributed by atoms with Gasteiger partial charge in [0.15, 0.2) is 0 Å². The van der Waals surface area contributed by atoms with Crippen LogP contribution in [0.1, 0.15) is 31.4 Å². The number of aliphatic hydroxyl groups excluding tert-OH is 1. The van der Waals surface area contributed by atoms with Crippen molar-refractivity contribution in [3.8, 4) is 11.5 Å². The number of hydrogen-bond acceptors (Lipinski definition) is 5. The van der Waals surface area contributed by atoms with E-state index in [1.165, 1.54) is 4.31 Å². The van der Waals surface area contributed by atoms with E-state index in [2.05, 4.69) is 6.58 Å². The van der Waals surface area contributed by atoms with Crippen molar-refractivity contribution in [1.82, 2.24) is 4.31 Å². The van der Waals surface area contributed by atoms with Crippen molar-refractivity contribution in [3.63, 3.8) is 0 Å². The number of sulfonamides is 1. The minimum absolute atomic E-state index is 0.183. The highest BCUT2D eigenvalue weighted by Crippen LogP contribution is 2.27. The van der Waals surface area contributed by atoms with Gasteiger partial charge in [-0.25, -0.2) is 8.42 Å². The molecule has 7 heteroatoms.